The summed E-state index contributed by atoms with van der Waals surface area (Å²) < 4.78 is 2.19. The fraction of sp³-hybridized carbons (Fsp3) is 0.438. The van der Waals surface area contributed by atoms with Crippen molar-refractivity contribution in [2.75, 3.05) is 0 Å². The average Bonchev–Trinajstić information content (AvgIpc) is 2.67. The number of fused-ring (bicyclic) bond motifs is 3. The Morgan fingerprint density at radius 3 is 2.72 bits per heavy atom. The van der Waals surface area contributed by atoms with Gasteiger partial charge in [0.25, 0.3) is 0 Å². The molecular formula is C16H20N2. The van der Waals surface area contributed by atoms with E-state index in [0.29, 0.717) is 0 Å². The van der Waals surface area contributed by atoms with Gasteiger partial charge >= 0.3 is 0 Å². The molecule has 0 fully saturated rings. The molecule has 2 nitrogen and oxygen atoms in total. The smallest absolute Gasteiger partial charge is 0.0688 e. The Balaban J connectivity index is 2.18. The maximum Gasteiger partial charge on any atom is 0.0688 e. The van der Waals surface area contributed by atoms with Crippen LogP contribution in [-0.2, 0) is 18.4 Å². The van der Waals surface area contributed by atoms with Crippen molar-refractivity contribution in [3.05, 3.63) is 41.6 Å². The summed E-state index contributed by atoms with van der Waals surface area (Å²) in [4.78, 5) is 0. The molecule has 0 amide bonds. The van der Waals surface area contributed by atoms with E-state index in [-0.39, 0.29) is 5.41 Å². The molecule has 0 unspecified atom stereocenters. The summed E-state index contributed by atoms with van der Waals surface area (Å²) in [6.07, 6.45) is 2.33. The highest BCUT2D eigenvalue weighted by molar-refractivity contribution is 5.65. The molecule has 94 valence electrons. The van der Waals surface area contributed by atoms with Gasteiger partial charge in [0.05, 0.1) is 11.4 Å². The van der Waals surface area contributed by atoms with Crippen molar-refractivity contribution in [2.45, 2.75) is 45.6 Å². The third kappa shape index (κ3) is 1.86. The lowest BCUT2D eigenvalue weighted by Gasteiger charge is -2.14. The molecule has 0 bridgehead atoms. The third-order valence-electron chi connectivity index (χ3n) is 3.66. The second-order valence-corrected chi connectivity index (χ2v) is 6.15. The molecule has 0 saturated heterocycles. The van der Waals surface area contributed by atoms with Crippen LogP contribution in [0.25, 0.3) is 11.3 Å². The number of benzene rings is 1. The fourth-order valence-corrected chi connectivity index (χ4v) is 2.58. The van der Waals surface area contributed by atoms with Crippen LogP contribution in [0.3, 0.4) is 0 Å². The zero-order valence-corrected chi connectivity index (χ0v) is 11.4. The number of rotatable bonds is 0. The van der Waals surface area contributed by atoms with Gasteiger partial charge in [0.15, 0.2) is 0 Å². The lowest BCUT2D eigenvalue weighted by Crippen LogP contribution is -2.13. The summed E-state index contributed by atoms with van der Waals surface area (Å²) in [5.41, 5.74) is 5.41. The highest BCUT2D eigenvalue weighted by Gasteiger charge is 2.22. The van der Waals surface area contributed by atoms with Gasteiger partial charge < -0.3 is 0 Å². The molecule has 2 heteroatoms. The average molecular weight is 240 g/mol. The van der Waals surface area contributed by atoms with E-state index in [2.05, 4.69) is 55.8 Å². The summed E-state index contributed by atoms with van der Waals surface area (Å²) in [5.74, 6) is 0. The molecule has 0 radical (unpaired) electrons. The van der Waals surface area contributed by atoms with Crippen LogP contribution in [0.1, 0.15) is 38.4 Å². The summed E-state index contributed by atoms with van der Waals surface area (Å²) in [7, 11) is 0. The zero-order chi connectivity index (χ0) is 12.8. The van der Waals surface area contributed by atoms with Crippen LogP contribution in [0.15, 0.2) is 30.3 Å². The predicted octanol–water partition coefficient (Wildman–Crippen LogP) is 3.79. The zero-order valence-electron chi connectivity index (χ0n) is 11.4. The van der Waals surface area contributed by atoms with Gasteiger partial charge in [0.1, 0.15) is 0 Å². The topological polar surface area (TPSA) is 17.8 Å². The summed E-state index contributed by atoms with van der Waals surface area (Å²) in [6.45, 7) is 7.70. The van der Waals surface area contributed by atoms with Crippen molar-refractivity contribution in [3.8, 4) is 11.3 Å². The minimum atomic E-state index is 0.119. The largest absolute Gasteiger partial charge is 0.265 e. The maximum atomic E-state index is 4.80. The second kappa shape index (κ2) is 3.98. The van der Waals surface area contributed by atoms with Crippen LogP contribution in [0.5, 0.6) is 0 Å². The molecule has 2 aromatic rings. The Labute approximate surface area is 109 Å². The molecule has 18 heavy (non-hydrogen) atoms. The van der Waals surface area contributed by atoms with Gasteiger partial charge in [-0.15, -0.1) is 0 Å². The van der Waals surface area contributed by atoms with Crippen LogP contribution >= 0.6 is 0 Å². The van der Waals surface area contributed by atoms with Gasteiger partial charge in [-0.25, -0.2) is 0 Å². The first-order valence-electron chi connectivity index (χ1n) is 6.72. The number of nitrogens with zero attached hydrogens (tertiary/aromatic N) is 2. The fourth-order valence-electron chi connectivity index (χ4n) is 2.58. The first kappa shape index (κ1) is 11.5. The molecule has 0 saturated carbocycles. The molecule has 1 aromatic carbocycles. The molecule has 2 heterocycles. The van der Waals surface area contributed by atoms with E-state index in [1.165, 1.54) is 28.9 Å². The molecule has 1 aliphatic heterocycles. The standard InChI is InChI=1S/C16H20N2/c1-16(2,3)15-11-14-13-9-5-4-7-12(13)8-6-10-18(14)17-15/h4-5,7,9,11H,6,8,10H2,1-3H3. The summed E-state index contributed by atoms with van der Waals surface area (Å²) in [6, 6.07) is 11.0. The molecule has 0 atom stereocenters. The minimum Gasteiger partial charge on any atom is -0.265 e. The number of aromatic nitrogens is 2. The predicted molar refractivity (Wildman–Crippen MR) is 74.7 cm³/mol. The lowest BCUT2D eigenvalue weighted by atomic mass is 9.91. The van der Waals surface area contributed by atoms with Crippen LogP contribution < -0.4 is 0 Å². The van der Waals surface area contributed by atoms with E-state index in [1.807, 2.05) is 0 Å². The summed E-state index contributed by atoms with van der Waals surface area (Å²) >= 11 is 0. The van der Waals surface area contributed by atoms with Gasteiger partial charge in [-0.2, -0.15) is 5.10 Å². The molecular weight excluding hydrogens is 220 g/mol. The van der Waals surface area contributed by atoms with E-state index >= 15 is 0 Å². The Kier molecular flexibility index (Phi) is 2.54. The van der Waals surface area contributed by atoms with E-state index in [0.717, 1.165) is 13.0 Å². The second-order valence-electron chi connectivity index (χ2n) is 6.15. The van der Waals surface area contributed by atoms with Gasteiger partial charge in [-0.05, 0) is 24.5 Å². The highest BCUT2D eigenvalue weighted by Crippen LogP contribution is 2.32. The van der Waals surface area contributed by atoms with Crippen molar-refractivity contribution in [1.82, 2.24) is 9.78 Å². The van der Waals surface area contributed by atoms with Crippen LogP contribution in [0, 0.1) is 0 Å². The monoisotopic (exact) mass is 240 g/mol. The van der Waals surface area contributed by atoms with Crippen LogP contribution in [0.2, 0.25) is 0 Å². The number of hydrogen-bond acceptors (Lipinski definition) is 1. The molecule has 0 spiro atoms. The molecule has 3 rings (SSSR count). The normalized spacial score (nSPS) is 14.8. The van der Waals surface area contributed by atoms with Gasteiger partial charge in [-0.1, -0.05) is 45.0 Å². The van der Waals surface area contributed by atoms with Gasteiger partial charge in [-0.3, -0.25) is 4.68 Å². The Hall–Kier alpha value is -1.57. The third-order valence-corrected chi connectivity index (χ3v) is 3.66. The van der Waals surface area contributed by atoms with Crippen LogP contribution in [-0.4, -0.2) is 9.78 Å². The van der Waals surface area contributed by atoms with Gasteiger partial charge in [0, 0.05) is 17.5 Å². The molecule has 0 aliphatic carbocycles. The SMILES string of the molecule is CC(C)(C)c1cc2n(n1)CCCc1ccccc1-2. The highest BCUT2D eigenvalue weighted by atomic mass is 15.3. The Morgan fingerprint density at radius 2 is 1.94 bits per heavy atom. The molecule has 1 aromatic heterocycles. The van der Waals surface area contributed by atoms with Crippen LogP contribution in [0.4, 0.5) is 0 Å². The van der Waals surface area contributed by atoms with Crippen molar-refractivity contribution < 1.29 is 0 Å². The maximum absolute atomic E-state index is 4.80. The van der Waals surface area contributed by atoms with E-state index in [1.54, 1.807) is 0 Å². The van der Waals surface area contributed by atoms with Crippen molar-refractivity contribution in [1.29, 1.82) is 0 Å². The first-order chi connectivity index (χ1) is 8.55. The minimum absolute atomic E-state index is 0.119. The van der Waals surface area contributed by atoms with E-state index < -0.39 is 0 Å². The molecule has 1 aliphatic rings. The lowest BCUT2D eigenvalue weighted by molar-refractivity contribution is 0.526. The number of aryl methyl sites for hydroxylation is 2. The first-order valence-corrected chi connectivity index (χ1v) is 6.72. The van der Waals surface area contributed by atoms with Crippen molar-refractivity contribution >= 4 is 0 Å². The Morgan fingerprint density at radius 1 is 1.17 bits per heavy atom. The summed E-state index contributed by atoms with van der Waals surface area (Å²) in [5, 5.41) is 4.80. The van der Waals surface area contributed by atoms with Gasteiger partial charge in [0.2, 0.25) is 0 Å². The van der Waals surface area contributed by atoms with Crippen molar-refractivity contribution in [2.24, 2.45) is 0 Å². The van der Waals surface area contributed by atoms with E-state index in [9.17, 15) is 0 Å². The molecule has 0 N–H and O–H groups in total. The quantitative estimate of drug-likeness (QED) is 0.685. The number of hydrogen-bond donors (Lipinski definition) is 0. The van der Waals surface area contributed by atoms with Crippen molar-refractivity contribution in [3.63, 3.8) is 0 Å². The Bertz CT molecular complexity index is 573. The van der Waals surface area contributed by atoms with E-state index in [4.69, 9.17) is 5.10 Å².